The highest BCUT2D eigenvalue weighted by Crippen LogP contribution is 2.30. The fourth-order valence-electron chi connectivity index (χ4n) is 2.07. The molecule has 1 aromatic carbocycles. The van der Waals surface area contributed by atoms with E-state index in [1.54, 1.807) is 12.1 Å². The predicted molar refractivity (Wildman–Crippen MR) is 61.1 cm³/mol. The fourth-order valence-corrected chi connectivity index (χ4v) is 2.07. The molecule has 1 aromatic rings. The van der Waals surface area contributed by atoms with Gasteiger partial charge in [-0.15, -0.1) is 0 Å². The summed E-state index contributed by atoms with van der Waals surface area (Å²) >= 11 is 0. The van der Waals surface area contributed by atoms with E-state index >= 15 is 0 Å². The fraction of sp³-hybridized carbons (Fsp3) is 0.455. The van der Waals surface area contributed by atoms with E-state index in [2.05, 4.69) is 4.90 Å². The molecule has 86 valence electrons. The standard InChI is InChI=1S/C11H15N3O2/c1-8(13-6-9(12)7-13)10-4-2-3-5-11(10)14(15)16/h2-5,8-9H,6-7,12H2,1H3. The van der Waals surface area contributed by atoms with Crippen LogP contribution in [0.25, 0.3) is 0 Å². The number of para-hydroxylation sites is 1. The van der Waals surface area contributed by atoms with Crippen LogP contribution in [0.4, 0.5) is 5.69 Å². The number of nitrogens with two attached hydrogens (primary N) is 1. The first-order valence-electron chi connectivity index (χ1n) is 5.32. The van der Waals surface area contributed by atoms with Crippen LogP contribution in [0.3, 0.4) is 0 Å². The summed E-state index contributed by atoms with van der Waals surface area (Å²) in [5, 5.41) is 10.9. The summed E-state index contributed by atoms with van der Waals surface area (Å²) < 4.78 is 0. The Labute approximate surface area is 94.0 Å². The summed E-state index contributed by atoms with van der Waals surface area (Å²) in [7, 11) is 0. The number of rotatable bonds is 3. The maximum absolute atomic E-state index is 10.9. The second-order valence-corrected chi connectivity index (χ2v) is 4.21. The molecule has 1 aliphatic rings. The molecular weight excluding hydrogens is 206 g/mol. The lowest BCUT2D eigenvalue weighted by atomic mass is 10.00. The average molecular weight is 221 g/mol. The van der Waals surface area contributed by atoms with Crippen molar-refractivity contribution < 1.29 is 4.92 Å². The van der Waals surface area contributed by atoms with Crippen molar-refractivity contribution in [2.45, 2.75) is 19.0 Å². The van der Waals surface area contributed by atoms with Crippen LogP contribution in [-0.2, 0) is 0 Å². The molecule has 0 bridgehead atoms. The third kappa shape index (κ3) is 1.91. The van der Waals surface area contributed by atoms with E-state index in [9.17, 15) is 10.1 Å². The largest absolute Gasteiger partial charge is 0.325 e. The summed E-state index contributed by atoms with van der Waals surface area (Å²) in [4.78, 5) is 12.7. The lowest BCUT2D eigenvalue weighted by Crippen LogP contribution is -2.56. The minimum atomic E-state index is -0.328. The number of hydrogen-bond acceptors (Lipinski definition) is 4. The van der Waals surface area contributed by atoms with Crippen LogP contribution in [0.1, 0.15) is 18.5 Å². The van der Waals surface area contributed by atoms with Crippen molar-refractivity contribution >= 4 is 5.69 Å². The van der Waals surface area contributed by atoms with Crippen LogP contribution in [0.2, 0.25) is 0 Å². The van der Waals surface area contributed by atoms with Crippen LogP contribution < -0.4 is 5.73 Å². The molecule has 1 fully saturated rings. The van der Waals surface area contributed by atoms with Gasteiger partial charge in [-0.2, -0.15) is 0 Å². The molecule has 0 spiro atoms. The van der Waals surface area contributed by atoms with Gasteiger partial charge in [-0.25, -0.2) is 0 Å². The first-order valence-corrected chi connectivity index (χ1v) is 5.32. The topological polar surface area (TPSA) is 72.4 Å². The summed E-state index contributed by atoms with van der Waals surface area (Å²) in [6.07, 6.45) is 0. The maximum Gasteiger partial charge on any atom is 0.274 e. The number of nitrogens with zero attached hydrogens (tertiary/aromatic N) is 2. The van der Waals surface area contributed by atoms with Gasteiger partial charge in [0.2, 0.25) is 0 Å². The summed E-state index contributed by atoms with van der Waals surface area (Å²) in [6.45, 7) is 3.61. The van der Waals surface area contributed by atoms with Crippen molar-refractivity contribution in [1.29, 1.82) is 0 Å². The van der Waals surface area contributed by atoms with E-state index in [1.807, 2.05) is 19.1 Å². The van der Waals surface area contributed by atoms with Crippen LogP contribution >= 0.6 is 0 Å². The molecule has 0 amide bonds. The van der Waals surface area contributed by atoms with Gasteiger partial charge in [-0.1, -0.05) is 18.2 Å². The minimum absolute atomic E-state index is 0.0569. The van der Waals surface area contributed by atoms with E-state index in [-0.39, 0.29) is 22.7 Å². The van der Waals surface area contributed by atoms with E-state index in [1.165, 1.54) is 0 Å². The Hall–Kier alpha value is -1.46. The Kier molecular flexibility index (Phi) is 2.89. The van der Waals surface area contributed by atoms with Crippen molar-refractivity contribution in [2.75, 3.05) is 13.1 Å². The molecule has 2 rings (SSSR count). The van der Waals surface area contributed by atoms with Crippen LogP contribution in [0, 0.1) is 10.1 Å². The number of likely N-dealkylation sites (tertiary alicyclic amines) is 1. The molecule has 0 saturated carbocycles. The van der Waals surface area contributed by atoms with Crippen molar-refractivity contribution in [3.8, 4) is 0 Å². The van der Waals surface area contributed by atoms with Gasteiger partial charge in [0.15, 0.2) is 0 Å². The summed E-state index contributed by atoms with van der Waals surface area (Å²) in [5.74, 6) is 0. The third-order valence-electron chi connectivity index (χ3n) is 3.07. The van der Waals surface area contributed by atoms with E-state index in [0.717, 1.165) is 18.7 Å². The zero-order valence-electron chi connectivity index (χ0n) is 9.17. The molecule has 1 heterocycles. The van der Waals surface area contributed by atoms with E-state index < -0.39 is 0 Å². The highest BCUT2D eigenvalue weighted by Gasteiger charge is 2.31. The van der Waals surface area contributed by atoms with Gasteiger partial charge in [0.25, 0.3) is 5.69 Å². The summed E-state index contributed by atoms with van der Waals surface area (Å²) in [5.41, 5.74) is 6.66. The molecule has 16 heavy (non-hydrogen) atoms. The Bertz CT molecular complexity index is 402. The quantitative estimate of drug-likeness (QED) is 0.616. The second-order valence-electron chi connectivity index (χ2n) is 4.21. The zero-order valence-corrected chi connectivity index (χ0v) is 9.17. The molecule has 0 radical (unpaired) electrons. The van der Waals surface area contributed by atoms with Gasteiger partial charge in [-0.05, 0) is 6.92 Å². The molecule has 2 N–H and O–H groups in total. The second kappa shape index (κ2) is 4.19. The van der Waals surface area contributed by atoms with Gasteiger partial charge in [0.1, 0.15) is 0 Å². The average Bonchev–Trinajstić information content (AvgIpc) is 2.24. The van der Waals surface area contributed by atoms with E-state index in [0.29, 0.717) is 0 Å². The Morgan fingerprint density at radius 2 is 2.12 bits per heavy atom. The van der Waals surface area contributed by atoms with E-state index in [4.69, 9.17) is 5.73 Å². The lowest BCUT2D eigenvalue weighted by molar-refractivity contribution is -0.386. The zero-order chi connectivity index (χ0) is 11.7. The van der Waals surface area contributed by atoms with Crippen molar-refractivity contribution in [2.24, 2.45) is 5.73 Å². The highest BCUT2D eigenvalue weighted by molar-refractivity contribution is 5.42. The van der Waals surface area contributed by atoms with Gasteiger partial charge in [0, 0.05) is 36.8 Å². The smallest absolute Gasteiger partial charge is 0.274 e. The molecule has 5 nitrogen and oxygen atoms in total. The maximum atomic E-state index is 10.9. The number of hydrogen-bond donors (Lipinski definition) is 1. The molecular formula is C11H15N3O2. The minimum Gasteiger partial charge on any atom is -0.325 e. The number of benzene rings is 1. The van der Waals surface area contributed by atoms with Crippen molar-refractivity contribution in [3.63, 3.8) is 0 Å². The van der Waals surface area contributed by atoms with Crippen LogP contribution in [0.15, 0.2) is 24.3 Å². The first kappa shape index (κ1) is 11.0. The van der Waals surface area contributed by atoms with Crippen molar-refractivity contribution in [1.82, 2.24) is 4.90 Å². The molecule has 0 aliphatic carbocycles. The third-order valence-corrected chi connectivity index (χ3v) is 3.07. The van der Waals surface area contributed by atoms with Crippen molar-refractivity contribution in [3.05, 3.63) is 39.9 Å². The molecule has 0 aromatic heterocycles. The SMILES string of the molecule is CC(c1ccccc1[N+](=O)[O-])N1CC(N)C1. The van der Waals surface area contributed by atoms with Crippen LogP contribution in [0.5, 0.6) is 0 Å². The number of nitro groups is 1. The number of nitro benzene ring substituents is 1. The van der Waals surface area contributed by atoms with Gasteiger partial charge >= 0.3 is 0 Å². The summed E-state index contributed by atoms with van der Waals surface area (Å²) in [6, 6.07) is 7.15. The van der Waals surface area contributed by atoms with Gasteiger partial charge < -0.3 is 5.73 Å². The Balaban J connectivity index is 2.22. The van der Waals surface area contributed by atoms with Crippen LogP contribution in [-0.4, -0.2) is 29.0 Å². The first-order chi connectivity index (χ1) is 7.59. The molecule has 1 atom stereocenters. The lowest BCUT2D eigenvalue weighted by Gasteiger charge is -2.41. The monoisotopic (exact) mass is 221 g/mol. The molecule has 1 aliphatic heterocycles. The Morgan fingerprint density at radius 1 is 1.50 bits per heavy atom. The molecule has 1 unspecified atom stereocenters. The van der Waals surface area contributed by atoms with Gasteiger partial charge in [-0.3, -0.25) is 15.0 Å². The Morgan fingerprint density at radius 3 is 2.69 bits per heavy atom. The molecule has 1 saturated heterocycles. The predicted octanol–water partition coefficient (Wildman–Crippen LogP) is 1.30. The normalized spacial score (nSPS) is 19.1. The highest BCUT2D eigenvalue weighted by atomic mass is 16.6. The molecule has 5 heteroatoms. The van der Waals surface area contributed by atoms with Gasteiger partial charge in [0.05, 0.1) is 4.92 Å².